The first kappa shape index (κ1) is 17.3. The van der Waals surface area contributed by atoms with E-state index in [-0.39, 0.29) is 23.1 Å². The van der Waals surface area contributed by atoms with E-state index in [0.29, 0.717) is 34.4 Å². The molecular formula is C20H14NiO4. The maximum absolute atomic E-state index is 12.0. The average Bonchev–Trinajstić information content (AvgIpc) is 2.86. The molecule has 0 spiro atoms. The molecule has 0 saturated heterocycles. The number of benzene rings is 3. The van der Waals surface area contributed by atoms with E-state index in [1.807, 2.05) is 30.3 Å². The van der Waals surface area contributed by atoms with E-state index in [2.05, 4.69) is 0 Å². The van der Waals surface area contributed by atoms with Gasteiger partial charge in [0.15, 0.2) is 0 Å². The normalized spacial score (nSPS) is 12.4. The molecule has 5 heteroatoms. The number of rotatable bonds is 4. The van der Waals surface area contributed by atoms with Gasteiger partial charge in [0, 0.05) is 45.0 Å². The maximum Gasteiger partial charge on any atom is 0.234 e. The molecule has 1 aliphatic rings. The second-order valence-corrected chi connectivity index (χ2v) is 5.72. The molecule has 0 amide bonds. The van der Waals surface area contributed by atoms with Crippen molar-refractivity contribution in [1.29, 1.82) is 0 Å². The largest absolute Gasteiger partial charge is 0.457 e. The van der Waals surface area contributed by atoms with Crippen LogP contribution in [-0.2, 0) is 22.9 Å². The first-order valence-corrected chi connectivity index (χ1v) is 7.71. The minimum atomic E-state index is -0.457. The van der Waals surface area contributed by atoms with E-state index >= 15 is 0 Å². The van der Waals surface area contributed by atoms with E-state index < -0.39 is 11.6 Å². The van der Waals surface area contributed by atoms with E-state index in [1.54, 1.807) is 24.3 Å². The van der Waals surface area contributed by atoms with Crippen LogP contribution in [0.1, 0.15) is 26.3 Å². The fourth-order valence-corrected chi connectivity index (χ4v) is 3.07. The number of carbonyl (C=O) groups excluding carboxylic acids is 2. The van der Waals surface area contributed by atoms with Crippen molar-refractivity contribution in [3.05, 3.63) is 71.3 Å². The van der Waals surface area contributed by atoms with Crippen molar-refractivity contribution >= 4 is 22.3 Å². The number of hydrogen-bond donors (Lipinski definition) is 1. The topological polar surface area (TPSA) is 63.6 Å². The predicted octanol–water partition coefficient (Wildman–Crippen LogP) is 3.54. The Hall–Kier alpha value is -2.49. The van der Waals surface area contributed by atoms with Crippen molar-refractivity contribution in [2.45, 2.75) is 6.42 Å². The first-order chi connectivity index (χ1) is 11.7. The van der Waals surface area contributed by atoms with Gasteiger partial charge in [-0.1, -0.05) is 30.3 Å². The van der Waals surface area contributed by atoms with Gasteiger partial charge in [0.25, 0.3) is 0 Å². The van der Waals surface area contributed by atoms with Crippen LogP contribution in [0.25, 0.3) is 10.8 Å². The summed E-state index contributed by atoms with van der Waals surface area (Å²) >= 11 is 0. The third kappa shape index (κ3) is 2.86. The summed E-state index contributed by atoms with van der Waals surface area (Å²) in [7, 11) is 0. The number of hydrogen-bond acceptors (Lipinski definition) is 4. The number of aliphatic hydroxyl groups is 1. The van der Waals surface area contributed by atoms with Crippen LogP contribution in [0.4, 0.5) is 0 Å². The Balaban J connectivity index is 0.00000182. The van der Waals surface area contributed by atoms with Crippen LogP contribution in [0.3, 0.4) is 0 Å². The van der Waals surface area contributed by atoms with Crippen molar-refractivity contribution < 1.29 is 35.9 Å². The Kier molecular flexibility index (Phi) is 4.71. The van der Waals surface area contributed by atoms with Crippen LogP contribution < -0.4 is 4.74 Å². The molecule has 25 heavy (non-hydrogen) atoms. The minimum absolute atomic E-state index is 0. The van der Waals surface area contributed by atoms with Crippen LogP contribution in [0.5, 0.6) is 11.5 Å². The summed E-state index contributed by atoms with van der Waals surface area (Å²) in [5.74, 6) is 0.350. The van der Waals surface area contributed by atoms with E-state index in [9.17, 15) is 9.59 Å². The summed E-state index contributed by atoms with van der Waals surface area (Å²) in [4.78, 5) is 24.1. The van der Waals surface area contributed by atoms with Gasteiger partial charge in [0.05, 0.1) is 0 Å². The number of carbonyl (C=O) groups is 2. The van der Waals surface area contributed by atoms with E-state index in [1.165, 1.54) is 0 Å². The maximum atomic E-state index is 12.0. The van der Waals surface area contributed by atoms with Crippen molar-refractivity contribution in [3.63, 3.8) is 0 Å². The Morgan fingerprint density at radius 3 is 2.20 bits per heavy atom. The van der Waals surface area contributed by atoms with Crippen molar-refractivity contribution in [3.8, 4) is 11.5 Å². The number of aliphatic hydroxyl groups excluding tert-OH is 1. The molecule has 0 atom stereocenters. The molecule has 0 aliphatic heterocycles. The zero-order valence-electron chi connectivity index (χ0n) is 13.1. The summed E-state index contributed by atoms with van der Waals surface area (Å²) in [6.07, 6.45) is 0.603. The molecular weight excluding hydrogens is 363 g/mol. The fraction of sp³-hybridized carbons (Fsp3) is 0.100. The number of Topliss-reactive ketones (excluding diaryl/α,β-unsaturated/α-hetero) is 2. The smallest absolute Gasteiger partial charge is 0.234 e. The standard InChI is InChI=1S/C20H14O4.Ni/c21-11-10-12-4-6-13(7-5-12)24-17-9-8-16-18-14(17)2-1-3-15(18)19(22)20(16)23;/h1-9,21H,10-11H2;. The molecule has 1 N–H and O–H groups in total. The minimum Gasteiger partial charge on any atom is -0.457 e. The number of ether oxygens (including phenoxy) is 1. The van der Waals surface area contributed by atoms with Crippen LogP contribution in [0, 0.1) is 0 Å². The molecule has 0 bridgehead atoms. The molecule has 0 unspecified atom stereocenters. The molecule has 0 saturated carbocycles. The van der Waals surface area contributed by atoms with Crippen molar-refractivity contribution in [1.82, 2.24) is 0 Å². The van der Waals surface area contributed by atoms with Gasteiger partial charge in [0.2, 0.25) is 11.6 Å². The monoisotopic (exact) mass is 376 g/mol. The van der Waals surface area contributed by atoms with Crippen molar-refractivity contribution in [2.24, 2.45) is 0 Å². The fourth-order valence-electron chi connectivity index (χ4n) is 3.07. The zero-order chi connectivity index (χ0) is 16.7. The molecule has 0 fully saturated rings. The quantitative estimate of drug-likeness (QED) is 0.558. The van der Waals surface area contributed by atoms with E-state index in [4.69, 9.17) is 9.84 Å². The average molecular weight is 377 g/mol. The molecule has 0 aromatic heterocycles. The summed E-state index contributed by atoms with van der Waals surface area (Å²) < 4.78 is 5.95. The Morgan fingerprint density at radius 2 is 1.52 bits per heavy atom. The SMILES string of the molecule is O=C1C(=O)c2ccc(Oc3ccc(CCO)cc3)c3cccc1c23.[Ni]. The molecule has 128 valence electrons. The van der Waals surface area contributed by atoms with Gasteiger partial charge in [-0.2, -0.15) is 0 Å². The molecule has 1 aliphatic carbocycles. The van der Waals surface area contributed by atoms with Gasteiger partial charge in [-0.3, -0.25) is 9.59 Å². The second kappa shape index (κ2) is 6.79. The second-order valence-electron chi connectivity index (χ2n) is 5.72. The third-order valence-corrected chi connectivity index (χ3v) is 4.25. The zero-order valence-corrected chi connectivity index (χ0v) is 14.1. The Labute approximate surface area is 154 Å². The predicted molar refractivity (Wildman–Crippen MR) is 89.9 cm³/mol. The van der Waals surface area contributed by atoms with Crippen LogP contribution in [0.15, 0.2) is 54.6 Å². The third-order valence-electron chi connectivity index (χ3n) is 4.25. The van der Waals surface area contributed by atoms with Gasteiger partial charge in [-0.25, -0.2) is 0 Å². The molecule has 3 aromatic rings. The van der Waals surface area contributed by atoms with Crippen molar-refractivity contribution in [2.75, 3.05) is 6.61 Å². The molecule has 4 rings (SSSR count). The van der Waals surface area contributed by atoms with Crippen LogP contribution >= 0.6 is 0 Å². The first-order valence-electron chi connectivity index (χ1n) is 7.71. The Morgan fingerprint density at radius 1 is 0.840 bits per heavy atom. The van der Waals surface area contributed by atoms with Gasteiger partial charge in [0.1, 0.15) is 11.5 Å². The van der Waals surface area contributed by atoms with Gasteiger partial charge >= 0.3 is 0 Å². The molecule has 0 radical (unpaired) electrons. The summed E-state index contributed by atoms with van der Waals surface area (Å²) in [6.45, 7) is 0.108. The molecule has 4 nitrogen and oxygen atoms in total. The summed E-state index contributed by atoms with van der Waals surface area (Å²) in [5, 5.41) is 10.4. The Bertz CT molecular complexity index is 957. The summed E-state index contributed by atoms with van der Waals surface area (Å²) in [6, 6.07) is 16.1. The van der Waals surface area contributed by atoms with Gasteiger partial charge < -0.3 is 9.84 Å². The molecule has 3 aromatic carbocycles. The van der Waals surface area contributed by atoms with Crippen LogP contribution in [0.2, 0.25) is 0 Å². The van der Waals surface area contributed by atoms with Gasteiger partial charge in [-0.15, -0.1) is 0 Å². The van der Waals surface area contributed by atoms with Crippen LogP contribution in [-0.4, -0.2) is 23.3 Å². The summed E-state index contributed by atoms with van der Waals surface area (Å²) in [5.41, 5.74) is 1.91. The van der Waals surface area contributed by atoms with E-state index in [0.717, 1.165) is 10.9 Å². The molecule has 0 heterocycles. The number of ketones is 2. The van der Waals surface area contributed by atoms with Gasteiger partial charge in [-0.05, 0) is 36.2 Å².